The van der Waals surface area contributed by atoms with E-state index in [-0.39, 0.29) is 0 Å². The second kappa shape index (κ2) is 7.17. The molecule has 0 radical (unpaired) electrons. The summed E-state index contributed by atoms with van der Waals surface area (Å²) in [6, 6.07) is 6.87. The monoisotopic (exact) mass is 281 g/mol. The number of rotatable bonds is 7. The van der Waals surface area contributed by atoms with Crippen molar-refractivity contribution in [3.8, 4) is 5.75 Å². The Labute approximate surface area is 120 Å². The first kappa shape index (κ1) is 14.7. The maximum atomic E-state index is 5.35. The molecule has 1 aliphatic carbocycles. The zero-order chi connectivity index (χ0) is 13.7. The molecule has 106 valence electrons. The molecule has 1 aromatic rings. The number of thioether (sulfide) groups is 1. The average Bonchev–Trinajstić information content (AvgIpc) is 2.77. The van der Waals surface area contributed by atoms with Crippen LogP contribution in [0.1, 0.15) is 24.1 Å². The molecule has 0 amide bonds. The third kappa shape index (κ3) is 3.44. The summed E-state index contributed by atoms with van der Waals surface area (Å²) in [5.74, 6) is 2.00. The number of nitrogens with one attached hydrogen (secondary N) is 1. The first-order valence-electron chi connectivity index (χ1n) is 6.80. The number of methoxy groups -OCH3 is 2. The van der Waals surface area contributed by atoms with Crippen molar-refractivity contribution in [2.45, 2.75) is 24.6 Å². The summed E-state index contributed by atoms with van der Waals surface area (Å²) < 4.78 is 10.5. The Morgan fingerprint density at radius 3 is 2.89 bits per heavy atom. The van der Waals surface area contributed by atoms with E-state index in [4.69, 9.17) is 9.47 Å². The van der Waals surface area contributed by atoms with Crippen LogP contribution in [0, 0.1) is 0 Å². The van der Waals surface area contributed by atoms with Crippen LogP contribution < -0.4 is 10.1 Å². The van der Waals surface area contributed by atoms with E-state index in [2.05, 4.69) is 30.4 Å². The first-order valence-corrected chi connectivity index (χ1v) is 7.85. The van der Waals surface area contributed by atoms with Crippen LogP contribution in [-0.4, -0.2) is 38.4 Å². The molecule has 2 rings (SSSR count). The van der Waals surface area contributed by atoms with E-state index in [1.165, 1.54) is 11.1 Å². The molecule has 0 aliphatic heterocycles. The van der Waals surface area contributed by atoms with Gasteiger partial charge in [-0.25, -0.2) is 0 Å². The van der Waals surface area contributed by atoms with E-state index in [0.29, 0.717) is 11.3 Å². The van der Waals surface area contributed by atoms with Gasteiger partial charge in [0.2, 0.25) is 0 Å². The largest absolute Gasteiger partial charge is 0.497 e. The Bertz CT molecular complexity index is 411. The lowest BCUT2D eigenvalue weighted by Gasteiger charge is -2.21. The predicted octanol–water partition coefficient (Wildman–Crippen LogP) is 2.65. The van der Waals surface area contributed by atoms with Gasteiger partial charge in [0, 0.05) is 24.2 Å². The van der Waals surface area contributed by atoms with E-state index < -0.39 is 0 Å². The fourth-order valence-corrected chi connectivity index (χ4v) is 3.91. The van der Waals surface area contributed by atoms with Crippen LogP contribution in [-0.2, 0) is 11.2 Å². The first-order chi connectivity index (χ1) is 9.30. The molecule has 1 aliphatic rings. The van der Waals surface area contributed by atoms with Crippen molar-refractivity contribution in [1.82, 2.24) is 5.32 Å². The highest BCUT2D eigenvalue weighted by Gasteiger charge is 2.32. The molecular formula is C15H23NO2S. The molecule has 0 bridgehead atoms. The summed E-state index contributed by atoms with van der Waals surface area (Å²) in [5, 5.41) is 4.21. The van der Waals surface area contributed by atoms with Crippen LogP contribution >= 0.6 is 11.8 Å². The van der Waals surface area contributed by atoms with Crippen molar-refractivity contribution in [1.29, 1.82) is 0 Å². The van der Waals surface area contributed by atoms with Crippen molar-refractivity contribution in [2.24, 2.45) is 0 Å². The SMILES string of the molecule is CCNC1c2cc(OC)ccc2CC1SCCOC. The summed E-state index contributed by atoms with van der Waals surface area (Å²) in [6.45, 7) is 3.97. The van der Waals surface area contributed by atoms with E-state index in [1.54, 1.807) is 14.2 Å². The highest BCUT2D eigenvalue weighted by Crippen LogP contribution is 2.39. The second-order valence-electron chi connectivity index (χ2n) is 4.71. The Morgan fingerprint density at radius 1 is 1.37 bits per heavy atom. The lowest BCUT2D eigenvalue weighted by molar-refractivity contribution is 0.218. The zero-order valence-electron chi connectivity index (χ0n) is 11.9. The number of hydrogen-bond acceptors (Lipinski definition) is 4. The van der Waals surface area contributed by atoms with Gasteiger partial charge >= 0.3 is 0 Å². The molecule has 19 heavy (non-hydrogen) atoms. The van der Waals surface area contributed by atoms with Gasteiger partial charge in [-0.2, -0.15) is 11.8 Å². The molecule has 0 heterocycles. The summed E-state index contributed by atoms with van der Waals surface area (Å²) in [4.78, 5) is 0. The molecule has 0 saturated heterocycles. The third-order valence-corrected chi connectivity index (χ3v) is 4.79. The smallest absolute Gasteiger partial charge is 0.119 e. The molecule has 2 unspecified atom stereocenters. The van der Waals surface area contributed by atoms with Crippen LogP contribution in [0.5, 0.6) is 5.75 Å². The molecule has 3 nitrogen and oxygen atoms in total. The summed E-state index contributed by atoms with van der Waals surface area (Å²) in [6.07, 6.45) is 1.13. The molecule has 4 heteroatoms. The van der Waals surface area contributed by atoms with Gasteiger partial charge in [-0.05, 0) is 36.2 Å². The maximum Gasteiger partial charge on any atom is 0.119 e. The maximum absolute atomic E-state index is 5.35. The van der Waals surface area contributed by atoms with Crippen molar-refractivity contribution in [3.63, 3.8) is 0 Å². The molecule has 0 spiro atoms. The van der Waals surface area contributed by atoms with E-state index in [0.717, 1.165) is 31.1 Å². The van der Waals surface area contributed by atoms with E-state index in [1.807, 2.05) is 11.8 Å². The van der Waals surface area contributed by atoms with Gasteiger partial charge in [0.25, 0.3) is 0 Å². The summed E-state index contributed by atoms with van der Waals surface area (Å²) in [5.41, 5.74) is 2.85. The summed E-state index contributed by atoms with van der Waals surface area (Å²) >= 11 is 2.00. The van der Waals surface area contributed by atoms with Gasteiger partial charge in [-0.3, -0.25) is 0 Å². The normalized spacial score (nSPS) is 21.4. The Hall–Kier alpha value is -0.710. The van der Waals surface area contributed by atoms with Crippen LogP contribution in [0.2, 0.25) is 0 Å². The highest BCUT2D eigenvalue weighted by atomic mass is 32.2. The van der Waals surface area contributed by atoms with Crippen molar-refractivity contribution in [3.05, 3.63) is 29.3 Å². The Balaban J connectivity index is 2.12. The Kier molecular flexibility index (Phi) is 5.55. The number of ether oxygens (including phenoxy) is 2. The molecular weight excluding hydrogens is 258 g/mol. The average molecular weight is 281 g/mol. The van der Waals surface area contributed by atoms with Gasteiger partial charge < -0.3 is 14.8 Å². The van der Waals surface area contributed by atoms with Crippen LogP contribution in [0.15, 0.2) is 18.2 Å². The van der Waals surface area contributed by atoms with Gasteiger partial charge in [0.15, 0.2) is 0 Å². The fraction of sp³-hybridized carbons (Fsp3) is 0.600. The molecule has 2 atom stereocenters. The van der Waals surface area contributed by atoms with Crippen LogP contribution in [0.4, 0.5) is 0 Å². The van der Waals surface area contributed by atoms with Gasteiger partial charge in [-0.1, -0.05) is 13.0 Å². The van der Waals surface area contributed by atoms with Crippen molar-refractivity contribution < 1.29 is 9.47 Å². The van der Waals surface area contributed by atoms with Gasteiger partial charge in [0.1, 0.15) is 5.75 Å². The van der Waals surface area contributed by atoms with E-state index >= 15 is 0 Å². The van der Waals surface area contributed by atoms with Crippen molar-refractivity contribution >= 4 is 11.8 Å². The molecule has 1 N–H and O–H groups in total. The standard InChI is InChI=1S/C15H23NO2S/c1-4-16-15-13-10-12(18-3)6-5-11(13)9-14(15)19-8-7-17-2/h5-6,10,14-16H,4,7-9H2,1-3H3. The number of benzene rings is 1. The zero-order valence-corrected chi connectivity index (χ0v) is 12.8. The van der Waals surface area contributed by atoms with E-state index in [9.17, 15) is 0 Å². The van der Waals surface area contributed by atoms with Crippen LogP contribution in [0.3, 0.4) is 0 Å². The Morgan fingerprint density at radius 2 is 2.21 bits per heavy atom. The fourth-order valence-electron chi connectivity index (χ4n) is 2.61. The topological polar surface area (TPSA) is 30.5 Å². The molecule has 1 aromatic carbocycles. The third-order valence-electron chi connectivity index (χ3n) is 3.52. The minimum absolute atomic E-state index is 0.428. The molecule has 0 aromatic heterocycles. The summed E-state index contributed by atoms with van der Waals surface area (Å²) in [7, 11) is 3.49. The lowest BCUT2D eigenvalue weighted by atomic mass is 10.1. The minimum Gasteiger partial charge on any atom is -0.497 e. The second-order valence-corrected chi connectivity index (χ2v) is 6.05. The van der Waals surface area contributed by atoms with Crippen LogP contribution in [0.25, 0.3) is 0 Å². The quantitative estimate of drug-likeness (QED) is 0.778. The molecule has 0 fully saturated rings. The van der Waals surface area contributed by atoms with Gasteiger partial charge in [0.05, 0.1) is 13.7 Å². The number of fused-ring (bicyclic) bond motifs is 1. The highest BCUT2D eigenvalue weighted by molar-refractivity contribution is 8.00. The number of hydrogen-bond donors (Lipinski definition) is 1. The predicted molar refractivity (Wildman–Crippen MR) is 81.2 cm³/mol. The van der Waals surface area contributed by atoms with Gasteiger partial charge in [-0.15, -0.1) is 0 Å². The minimum atomic E-state index is 0.428. The lowest BCUT2D eigenvalue weighted by Crippen LogP contribution is -2.27. The van der Waals surface area contributed by atoms with Crippen molar-refractivity contribution in [2.75, 3.05) is 33.1 Å². The molecule has 0 saturated carbocycles.